The van der Waals surface area contributed by atoms with Crippen LogP contribution in [0.4, 0.5) is 0 Å². The predicted molar refractivity (Wildman–Crippen MR) is 105 cm³/mol. The Morgan fingerprint density at radius 1 is 1.21 bits per heavy atom. The summed E-state index contributed by atoms with van der Waals surface area (Å²) < 4.78 is 6.96. The molecule has 0 bridgehead atoms. The molecular weight excluding hydrogens is 358 g/mol. The highest BCUT2D eigenvalue weighted by atomic mass is 16.5. The SMILES string of the molecule is O=C(Cn1ccccc1=O)N1CCC2(CC1)CC(O)CN(C1CCOCC1)C2. The smallest absolute Gasteiger partial charge is 0.250 e. The van der Waals surface area contributed by atoms with Gasteiger partial charge in [-0.25, -0.2) is 0 Å². The zero-order valence-corrected chi connectivity index (χ0v) is 16.5. The van der Waals surface area contributed by atoms with Crippen molar-refractivity contribution in [3.05, 3.63) is 34.7 Å². The number of rotatable bonds is 3. The largest absolute Gasteiger partial charge is 0.392 e. The van der Waals surface area contributed by atoms with Gasteiger partial charge in [-0.05, 0) is 43.6 Å². The number of hydrogen-bond acceptors (Lipinski definition) is 5. The maximum absolute atomic E-state index is 12.7. The van der Waals surface area contributed by atoms with E-state index in [1.165, 1.54) is 10.6 Å². The second kappa shape index (κ2) is 8.35. The number of piperidine rings is 2. The fourth-order valence-electron chi connectivity index (χ4n) is 5.15. The Hall–Kier alpha value is -1.70. The number of aromatic nitrogens is 1. The van der Waals surface area contributed by atoms with Gasteiger partial charge in [0, 0.05) is 57.7 Å². The molecule has 1 N–H and O–H groups in total. The minimum Gasteiger partial charge on any atom is -0.392 e. The lowest BCUT2D eigenvalue weighted by molar-refractivity contribution is -0.136. The standard InChI is InChI=1S/C21H31N3O4/c25-18-13-21(16-24(14-18)17-4-11-28-12-5-17)6-9-22(10-7-21)20(27)15-23-8-2-1-3-19(23)26/h1-3,8,17-18,25H,4-7,9-16H2. The normalized spacial score (nSPS) is 26.5. The van der Waals surface area contributed by atoms with Gasteiger partial charge in [-0.15, -0.1) is 0 Å². The number of β-amino-alcohol motifs (C(OH)–C–C–N with tert-alkyl or cyclic N) is 1. The number of hydrogen-bond donors (Lipinski definition) is 1. The van der Waals surface area contributed by atoms with Crippen LogP contribution in [0.25, 0.3) is 0 Å². The highest BCUT2D eigenvalue weighted by Gasteiger charge is 2.43. The summed E-state index contributed by atoms with van der Waals surface area (Å²) in [6, 6.07) is 5.44. The van der Waals surface area contributed by atoms with Gasteiger partial charge >= 0.3 is 0 Å². The van der Waals surface area contributed by atoms with Gasteiger partial charge in [-0.3, -0.25) is 14.5 Å². The maximum Gasteiger partial charge on any atom is 0.250 e. The molecule has 0 aromatic carbocycles. The molecule has 1 atom stereocenters. The van der Waals surface area contributed by atoms with Crippen molar-refractivity contribution in [3.63, 3.8) is 0 Å². The number of carbonyl (C=O) groups excluding carboxylic acids is 1. The summed E-state index contributed by atoms with van der Waals surface area (Å²) in [5.74, 6) is 0.000735. The first-order valence-corrected chi connectivity index (χ1v) is 10.5. The molecule has 7 heteroatoms. The number of pyridine rings is 1. The third-order valence-electron chi connectivity index (χ3n) is 6.74. The number of carbonyl (C=O) groups is 1. The van der Waals surface area contributed by atoms with Crippen LogP contribution in [0, 0.1) is 5.41 Å². The van der Waals surface area contributed by atoms with Crippen molar-refractivity contribution in [2.75, 3.05) is 39.4 Å². The molecule has 3 saturated heterocycles. The summed E-state index contributed by atoms with van der Waals surface area (Å²) in [7, 11) is 0. The molecular formula is C21H31N3O4. The molecule has 3 fully saturated rings. The number of ether oxygens (including phenoxy) is 1. The summed E-state index contributed by atoms with van der Waals surface area (Å²) in [6.45, 7) is 4.89. The van der Waals surface area contributed by atoms with E-state index in [-0.39, 0.29) is 29.5 Å². The minimum atomic E-state index is -0.290. The van der Waals surface area contributed by atoms with Crippen LogP contribution in [0.15, 0.2) is 29.2 Å². The number of aliphatic hydroxyl groups is 1. The third kappa shape index (κ3) is 4.31. The van der Waals surface area contributed by atoms with E-state index in [4.69, 9.17) is 4.74 Å². The first-order valence-electron chi connectivity index (χ1n) is 10.5. The van der Waals surface area contributed by atoms with E-state index in [9.17, 15) is 14.7 Å². The van der Waals surface area contributed by atoms with E-state index in [0.29, 0.717) is 19.1 Å². The highest BCUT2D eigenvalue weighted by Crippen LogP contribution is 2.41. The van der Waals surface area contributed by atoms with Crippen molar-refractivity contribution >= 4 is 5.91 Å². The van der Waals surface area contributed by atoms with Crippen LogP contribution in [0.5, 0.6) is 0 Å². The van der Waals surface area contributed by atoms with Crippen molar-refractivity contribution in [3.8, 4) is 0 Å². The molecule has 154 valence electrons. The molecule has 1 spiro atoms. The van der Waals surface area contributed by atoms with Gasteiger partial charge in [-0.1, -0.05) is 6.07 Å². The fraction of sp³-hybridized carbons (Fsp3) is 0.714. The Bertz CT molecular complexity index is 735. The lowest BCUT2D eigenvalue weighted by Crippen LogP contribution is -2.57. The molecule has 1 aromatic rings. The van der Waals surface area contributed by atoms with Crippen LogP contribution in [-0.2, 0) is 16.1 Å². The van der Waals surface area contributed by atoms with Gasteiger partial charge < -0.3 is 19.3 Å². The Kier molecular flexibility index (Phi) is 5.85. The highest BCUT2D eigenvalue weighted by molar-refractivity contribution is 5.76. The predicted octanol–water partition coefficient (Wildman–Crippen LogP) is 0.703. The van der Waals surface area contributed by atoms with Gasteiger partial charge in [0.15, 0.2) is 0 Å². The Morgan fingerprint density at radius 3 is 2.68 bits per heavy atom. The molecule has 4 heterocycles. The first-order chi connectivity index (χ1) is 13.5. The summed E-state index contributed by atoms with van der Waals surface area (Å²) in [5, 5.41) is 10.5. The zero-order valence-electron chi connectivity index (χ0n) is 16.5. The molecule has 28 heavy (non-hydrogen) atoms. The fourth-order valence-corrected chi connectivity index (χ4v) is 5.15. The maximum atomic E-state index is 12.7. The average molecular weight is 389 g/mol. The van der Waals surface area contributed by atoms with E-state index in [1.807, 2.05) is 4.90 Å². The minimum absolute atomic E-state index is 0.000735. The molecule has 1 aromatic heterocycles. The molecule has 0 saturated carbocycles. The van der Waals surface area contributed by atoms with Crippen LogP contribution < -0.4 is 5.56 Å². The van der Waals surface area contributed by atoms with E-state index in [1.54, 1.807) is 18.3 Å². The average Bonchev–Trinajstić information content (AvgIpc) is 2.70. The topological polar surface area (TPSA) is 75.0 Å². The van der Waals surface area contributed by atoms with Gasteiger partial charge in [0.1, 0.15) is 6.54 Å². The van der Waals surface area contributed by atoms with Gasteiger partial charge in [0.2, 0.25) is 5.91 Å². The molecule has 1 unspecified atom stereocenters. The van der Waals surface area contributed by atoms with E-state index < -0.39 is 0 Å². The van der Waals surface area contributed by atoms with Crippen molar-refractivity contribution in [2.45, 2.75) is 50.8 Å². The van der Waals surface area contributed by atoms with Crippen LogP contribution in [0.3, 0.4) is 0 Å². The van der Waals surface area contributed by atoms with Crippen LogP contribution in [0.2, 0.25) is 0 Å². The molecule has 4 rings (SSSR count). The zero-order chi connectivity index (χ0) is 19.6. The second-order valence-corrected chi connectivity index (χ2v) is 8.68. The Balaban J connectivity index is 1.36. The van der Waals surface area contributed by atoms with Gasteiger partial charge in [0.25, 0.3) is 5.56 Å². The number of likely N-dealkylation sites (tertiary alicyclic amines) is 2. The summed E-state index contributed by atoms with van der Waals surface area (Å²) in [6.07, 6.45) is 6.11. The molecule has 0 radical (unpaired) electrons. The lowest BCUT2D eigenvalue weighted by atomic mass is 9.71. The molecule has 0 aliphatic carbocycles. The number of aliphatic hydroxyl groups excluding tert-OH is 1. The van der Waals surface area contributed by atoms with Crippen molar-refractivity contribution in [1.82, 2.24) is 14.4 Å². The van der Waals surface area contributed by atoms with Gasteiger partial charge in [0.05, 0.1) is 6.10 Å². The first kappa shape index (κ1) is 19.6. The Labute approximate surface area is 165 Å². The van der Waals surface area contributed by atoms with E-state index in [2.05, 4.69) is 4.90 Å². The molecule has 1 amide bonds. The molecule has 7 nitrogen and oxygen atoms in total. The number of amides is 1. The second-order valence-electron chi connectivity index (χ2n) is 8.68. The number of nitrogens with zero attached hydrogens (tertiary/aromatic N) is 3. The lowest BCUT2D eigenvalue weighted by Gasteiger charge is -2.51. The molecule has 3 aliphatic rings. The molecule has 3 aliphatic heterocycles. The monoisotopic (exact) mass is 389 g/mol. The third-order valence-corrected chi connectivity index (χ3v) is 6.74. The van der Waals surface area contributed by atoms with E-state index in [0.717, 1.165) is 58.4 Å². The van der Waals surface area contributed by atoms with Gasteiger partial charge in [-0.2, -0.15) is 0 Å². The Morgan fingerprint density at radius 2 is 1.96 bits per heavy atom. The van der Waals surface area contributed by atoms with E-state index >= 15 is 0 Å². The van der Waals surface area contributed by atoms with Crippen LogP contribution in [0.1, 0.15) is 32.1 Å². The van der Waals surface area contributed by atoms with Crippen LogP contribution in [-0.4, -0.2) is 76.9 Å². The summed E-state index contributed by atoms with van der Waals surface area (Å²) in [5.41, 5.74) is -0.0529. The van der Waals surface area contributed by atoms with Crippen LogP contribution >= 0.6 is 0 Å². The van der Waals surface area contributed by atoms with Crippen molar-refractivity contribution in [1.29, 1.82) is 0 Å². The van der Waals surface area contributed by atoms with Crippen molar-refractivity contribution in [2.24, 2.45) is 5.41 Å². The summed E-state index contributed by atoms with van der Waals surface area (Å²) >= 11 is 0. The summed E-state index contributed by atoms with van der Waals surface area (Å²) in [4.78, 5) is 28.9. The quantitative estimate of drug-likeness (QED) is 0.824. The van der Waals surface area contributed by atoms with Crippen molar-refractivity contribution < 1.29 is 14.6 Å².